The average Bonchev–Trinajstić information content (AvgIpc) is 2.67. The van der Waals surface area contributed by atoms with E-state index in [0.29, 0.717) is 11.7 Å². The van der Waals surface area contributed by atoms with Gasteiger partial charge in [-0.2, -0.15) is 4.98 Å². The number of benzene rings is 1. The first kappa shape index (κ1) is 18.5. The fourth-order valence-corrected chi connectivity index (χ4v) is 3.05. The Kier molecular flexibility index (Phi) is 6.75. The summed E-state index contributed by atoms with van der Waals surface area (Å²) in [5, 5.41) is 0. The average molecular weight is 353 g/mol. The van der Waals surface area contributed by atoms with E-state index in [2.05, 4.69) is 21.4 Å². The van der Waals surface area contributed by atoms with Crippen LogP contribution in [0.25, 0.3) is 11.4 Å². The molecule has 1 aliphatic rings. The molecule has 0 radical (unpaired) electrons. The molecule has 138 valence electrons. The predicted molar refractivity (Wildman–Crippen MR) is 103 cm³/mol. The van der Waals surface area contributed by atoms with Crippen molar-refractivity contribution in [3.63, 3.8) is 0 Å². The molecule has 26 heavy (non-hydrogen) atoms. The monoisotopic (exact) mass is 353 g/mol. The number of aromatic nitrogens is 2. The molecule has 0 saturated carbocycles. The van der Waals surface area contributed by atoms with Crippen LogP contribution in [-0.2, 0) is 4.74 Å². The van der Waals surface area contributed by atoms with E-state index in [1.54, 1.807) is 0 Å². The maximum absolute atomic E-state index is 6.28. The van der Waals surface area contributed by atoms with Crippen molar-refractivity contribution in [3.8, 4) is 17.3 Å². The van der Waals surface area contributed by atoms with Crippen molar-refractivity contribution in [1.29, 1.82) is 0 Å². The van der Waals surface area contributed by atoms with Crippen molar-refractivity contribution in [2.75, 3.05) is 32.8 Å². The van der Waals surface area contributed by atoms with E-state index < -0.39 is 0 Å². The summed E-state index contributed by atoms with van der Waals surface area (Å²) in [5.74, 6) is 1.34. The summed E-state index contributed by atoms with van der Waals surface area (Å²) in [6.07, 6.45) is 3.86. The lowest BCUT2D eigenvalue weighted by molar-refractivity contribution is 0.0174. The molecule has 2 heterocycles. The number of hydrogen-bond acceptors (Lipinski definition) is 5. The summed E-state index contributed by atoms with van der Waals surface area (Å²) in [6.45, 7) is 10.2. The predicted octanol–water partition coefficient (Wildman–Crippen LogP) is 3.50. The Bertz CT molecular complexity index is 700. The van der Waals surface area contributed by atoms with Crippen LogP contribution in [0.3, 0.4) is 0 Å². The second kappa shape index (κ2) is 9.46. The second-order valence-corrected chi connectivity index (χ2v) is 6.56. The molecule has 5 heteroatoms. The summed E-state index contributed by atoms with van der Waals surface area (Å²) in [5.41, 5.74) is 1.90. The van der Waals surface area contributed by atoms with Crippen molar-refractivity contribution in [3.05, 3.63) is 54.7 Å². The molecule has 1 fully saturated rings. The highest BCUT2D eigenvalue weighted by atomic mass is 16.5. The summed E-state index contributed by atoms with van der Waals surface area (Å²) in [7, 11) is 0. The van der Waals surface area contributed by atoms with Gasteiger partial charge in [-0.05, 0) is 19.8 Å². The minimum Gasteiger partial charge on any atom is -0.473 e. The van der Waals surface area contributed by atoms with Crippen LogP contribution in [0.4, 0.5) is 0 Å². The second-order valence-electron chi connectivity index (χ2n) is 6.56. The standard InChI is InChI=1S/C21H27N3O2/c1-3-4-10-19(16-24-11-13-25-14-12-24)26-20-15-17(2)22-21(23-20)18-8-6-5-7-9-18/h3,5-9,15,19H,1,4,10-14,16H2,2H3/t19-/m1/s1. The number of hydrogen-bond donors (Lipinski definition) is 0. The van der Waals surface area contributed by atoms with E-state index in [1.807, 2.05) is 49.4 Å². The van der Waals surface area contributed by atoms with Crippen LogP contribution in [0.15, 0.2) is 49.1 Å². The molecule has 5 nitrogen and oxygen atoms in total. The van der Waals surface area contributed by atoms with E-state index >= 15 is 0 Å². The zero-order chi connectivity index (χ0) is 18.2. The molecule has 1 atom stereocenters. The Hall–Kier alpha value is -2.24. The highest BCUT2D eigenvalue weighted by molar-refractivity contribution is 5.55. The third-order valence-corrected chi connectivity index (χ3v) is 4.41. The highest BCUT2D eigenvalue weighted by Gasteiger charge is 2.19. The minimum absolute atomic E-state index is 0.0732. The number of ether oxygens (including phenoxy) is 2. The van der Waals surface area contributed by atoms with Crippen molar-refractivity contribution < 1.29 is 9.47 Å². The minimum atomic E-state index is 0.0732. The number of rotatable bonds is 8. The van der Waals surface area contributed by atoms with Crippen LogP contribution in [0.5, 0.6) is 5.88 Å². The van der Waals surface area contributed by atoms with Crippen LogP contribution in [0.1, 0.15) is 18.5 Å². The summed E-state index contributed by atoms with van der Waals surface area (Å²) >= 11 is 0. The van der Waals surface area contributed by atoms with Gasteiger partial charge in [-0.1, -0.05) is 36.4 Å². The molecule has 0 spiro atoms. The van der Waals surface area contributed by atoms with Crippen LogP contribution in [-0.4, -0.2) is 53.8 Å². The van der Waals surface area contributed by atoms with Gasteiger partial charge in [0, 0.05) is 37.0 Å². The number of morpholine rings is 1. The van der Waals surface area contributed by atoms with Crippen molar-refractivity contribution in [2.24, 2.45) is 0 Å². The molecular weight excluding hydrogens is 326 g/mol. The number of aryl methyl sites for hydroxylation is 1. The molecule has 1 aromatic heterocycles. The molecule has 2 aromatic rings. The van der Waals surface area contributed by atoms with E-state index in [0.717, 1.165) is 56.9 Å². The molecule has 0 amide bonds. The molecule has 1 aliphatic heterocycles. The van der Waals surface area contributed by atoms with Crippen LogP contribution >= 0.6 is 0 Å². The first-order valence-electron chi connectivity index (χ1n) is 9.23. The van der Waals surface area contributed by atoms with Gasteiger partial charge in [-0.3, -0.25) is 4.90 Å². The maximum Gasteiger partial charge on any atom is 0.217 e. The Labute approximate surface area is 155 Å². The number of allylic oxidation sites excluding steroid dienone is 1. The molecule has 0 aliphatic carbocycles. The quantitative estimate of drug-likeness (QED) is 0.680. The summed E-state index contributed by atoms with van der Waals surface area (Å²) in [6, 6.07) is 11.9. The summed E-state index contributed by atoms with van der Waals surface area (Å²) < 4.78 is 11.7. The maximum atomic E-state index is 6.28. The van der Waals surface area contributed by atoms with Gasteiger partial charge < -0.3 is 9.47 Å². The lowest BCUT2D eigenvalue weighted by Crippen LogP contribution is -2.42. The summed E-state index contributed by atoms with van der Waals surface area (Å²) in [4.78, 5) is 11.6. The van der Waals surface area contributed by atoms with Crippen LogP contribution in [0.2, 0.25) is 0 Å². The van der Waals surface area contributed by atoms with E-state index in [1.165, 1.54) is 0 Å². The molecule has 0 N–H and O–H groups in total. The zero-order valence-electron chi connectivity index (χ0n) is 15.4. The highest BCUT2D eigenvalue weighted by Crippen LogP contribution is 2.20. The normalized spacial score (nSPS) is 16.2. The number of nitrogens with zero attached hydrogens (tertiary/aromatic N) is 3. The van der Waals surface area contributed by atoms with Crippen molar-refractivity contribution in [1.82, 2.24) is 14.9 Å². The smallest absolute Gasteiger partial charge is 0.217 e. The van der Waals surface area contributed by atoms with Gasteiger partial charge in [-0.25, -0.2) is 4.98 Å². The van der Waals surface area contributed by atoms with Crippen molar-refractivity contribution >= 4 is 0 Å². The van der Waals surface area contributed by atoms with Gasteiger partial charge >= 0.3 is 0 Å². The zero-order valence-corrected chi connectivity index (χ0v) is 15.4. The Morgan fingerprint density at radius 3 is 2.73 bits per heavy atom. The van der Waals surface area contributed by atoms with Gasteiger partial charge in [-0.15, -0.1) is 6.58 Å². The molecule has 1 aromatic carbocycles. The van der Waals surface area contributed by atoms with E-state index in [4.69, 9.17) is 9.47 Å². The van der Waals surface area contributed by atoms with E-state index in [9.17, 15) is 0 Å². The topological polar surface area (TPSA) is 47.5 Å². The first-order valence-corrected chi connectivity index (χ1v) is 9.23. The fraction of sp³-hybridized carbons (Fsp3) is 0.429. The van der Waals surface area contributed by atoms with Gasteiger partial charge in [0.05, 0.1) is 13.2 Å². The molecular formula is C21H27N3O2. The Balaban J connectivity index is 1.74. The van der Waals surface area contributed by atoms with E-state index in [-0.39, 0.29) is 6.10 Å². The van der Waals surface area contributed by atoms with Crippen LogP contribution < -0.4 is 4.74 Å². The molecule has 3 rings (SSSR count). The third kappa shape index (κ3) is 5.38. The van der Waals surface area contributed by atoms with Gasteiger partial charge in [0.25, 0.3) is 0 Å². The molecule has 1 saturated heterocycles. The van der Waals surface area contributed by atoms with Gasteiger partial charge in [0.1, 0.15) is 6.10 Å². The van der Waals surface area contributed by atoms with Gasteiger partial charge in [0.15, 0.2) is 5.82 Å². The largest absolute Gasteiger partial charge is 0.473 e. The lowest BCUT2D eigenvalue weighted by Gasteiger charge is -2.30. The van der Waals surface area contributed by atoms with Crippen LogP contribution in [0, 0.1) is 6.92 Å². The lowest BCUT2D eigenvalue weighted by atomic mass is 10.1. The molecule has 0 bridgehead atoms. The van der Waals surface area contributed by atoms with Gasteiger partial charge in [0.2, 0.25) is 5.88 Å². The first-order chi connectivity index (χ1) is 12.7. The fourth-order valence-electron chi connectivity index (χ4n) is 3.05. The SMILES string of the molecule is C=CCC[C@H](CN1CCOCC1)Oc1cc(C)nc(-c2ccccc2)n1. The molecule has 0 unspecified atom stereocenters. The third-order valence-electron chi connectivity index (χ3n) is 4.41. The Morgan fingerprint density at radius 2 is 2.00 bits per heavy atom. The Morgan fingerprint density at radius 1 is 1.23 bits per heavy atom. The van der Waals surface area contributed by atoms with Crippen molar-refractivity contribution in [2.45, 2.75) is 25.9 Å².